The van der Waals surface area contributed by atoms with E-state index in [-0.39, 0.29) is 24.8 Å². The normalized spacial score (nSPS) is 10.6. The van der Waals surface area contributed by atoms with Crippen molar-refractivity contribution in [2.75, 3.05) is 11.9 Å². The summed E-state index contributed by atoms with van der Waals surface area (Å²) >= 11 is 5.88. The van der Waals surface area contributed by atoms with Crippen LogP contribution in [-0.4, -0.2) is 23.3 Å². The number of hydrogen-bond acceptors (Lipinski definition) is 4. The standard InChI is InChI=1S/C22H22ClN3O3/c1-2-15-5-3-4-6-18(15)26-21(28)14-24-20(27)11-12-22-25-13-19(29-22)16-7-9-17(23)10-8-16/h3-10,13H,2,11-12,14H2,1H3,(H,24,27)(H,26,28). The number of para-hydroxylation sites is 1. The number of hydrogen-bond donors (Lipinski definition) is 2. The average molecular weight is 412 g/mol. The van der Waals surface area contributed by atoms with Crippen molar-refractivity contribution in [3.05, 3.63) is 71.2 Å². The summed E-state index contributed by atoms with van der Waals surface area (Å²) in [6, 6.07) is 14.8. The molecule has 0 radical (unpaired) electrons. The molecule has 1 aromatic heterocycles. The summed E-state index contributed by atoms with van der Waals surface area (Å²) in [4.78, 5) is 28.3. The number of amides is 2. The van der Waals surface area contributed by atoms with Crippen LogP contribution in [0.2, 0.25) is 5.02 Å². The number of nitrogens with one attached hydrogen (secondary N) is 2. The Morgan fingerprint density at radius 3 is 2.59 bits per heavy atom. The quantitative estimate of drug-likeness (QED) is 0.580. The first-order chi connectivity index (χ1) is 14.0. The Labute approximate surface area is 174 Å². The molecule has 0 spiro atoms. The van der Waals surface area contributed by atoms with Gasteiger partial charge in [-0.05, 0) is 42.3 Å². The highest BCUT2D eigenvalue weighted by Crippen LogP contribution is 2.22. The van der Waals surface area contributed by atoms with Gasteiger partial charge in [-0.3, -0.25) is 9.59 Å². The topological polar surface area (TPSA) is 84.2 Å². The van der Waals surface area contributed by atoms with Crippen molar-refractivity contribution in [2.24, 2.45) is 0 Å². The van der Waals surface area contributed by atoms with Gasteiger partial charge < -0.3 is 15.1 Å². The zero-order valence-corrected chi connectivity index (χ0v) is 16.8. The summed E-state index contributed by atoms with van der Waals surface area (Å²) < 4.78 is 5.68. The first-order valence-electron chi connectivity index (χ1n) is 9.40. The van der Waals surface area contributed by atoms with Crippen LogP contribution in [0.25, 0.3) is 11.3 Å². The summed E-state index contributed by atoms with van der Waals surface area (Å²) in [6.07, 6.45) is 2.96. The van der Waals surface area contributed by atoms with E-state index in [1.165, 1.54) is 0 Å². The molecule has 0 aliphatic heterocycles. The first-order valence-corrected chi connectivity index (χ1v) is 9.78. The third-order valence-electron chi connectivity index (χ3n) is 4.37. The van der Waals surface area contributed by atoms with Gasteiger partial charge in [0.05, 0.1) is 12.7 Å². The fraction of sp³-hybridized carbons (Fsp3) is 0.227. The molecule has 6 nitrogen and oxygen atoms in total. The number of anilines is 1. The van der Waals surface area contributed by atoms with Gasteiger partial charge >= 0.3 is 0 Å². The Morgan fingerprint density at radius 2 is 1.83 bits per heavy atom. The second-order valence-electron chi connectivity index (χ2n) is 6.46. The summed E-state index contributed by atoms with van der Waals surface area (Å²) in [6.45, 7) is 1.94. The van der Waals surface area contributed by atoms with Crippen LogP contribution in [0.15, 0.2) is 59.1 Å². The van der Waals surface area contributed by atoms with Crippen LogP contribution < -0.4 is 10.6 Å². The number of benzene rings is 2. The van der Waals surface area contributed by atoms with E-state index in [4.69, 9.17) is 16.0 Å². The van der Waals surface area contributed by atoms with Gasteiger partial charge in [0.25, 0.3) is 0 Å². The van der Waals surface area contributed by atoms with Crippen molar-refractivity contribution >= 4 is 29.1 Å². The maximum Gasteiger partial charge on any atom is 0.243 e. The highest BCUT2D eigenvalue weighted by molar-refractivity contribution is 6.30. The van der Waals surface area contributed by atoms with Crippen molar-refractivity contribution in [3.8, 4) is 11.3 Å². The van der Waals surface area contributed by atoms with Crippen molar-refractivity contribution < 1.29 is 14.0 Å². The molecule has 7 heteroatoms. The van der Waals surface area contributed by atoms with Crippen molar-refractivity contribution in [3.63, 3.8) is 0 Å². The molecule has 2 amide bonds. The van der Waals surface area contributed by atoms with Gasteiger partial charge in [0.2, 0.25) is 11.8 Å². The van der Waals surface area contributed by atoms with Gasteiger partial charge in [-0.25, -0.2) is 4.98 Å². The number of aryl methyl sites for hydroxylation is 2. The lowest BCUT2D eigenvalue weighted by molar-refractivity contribution is -0.124. The number of aromatic nitrogens is 1. The van der Waals surface area contributed by atoms with E-state index in [9.17, 15) is 9.59 Å². The summed E-state index contributed by atoms with van der Waals surface area (Å²) in [5.41, 5.74) is 2.68. The number of rotatable bonds is 8. The Kier molecular flexibility index (Phi) is 7.03. The Hall–Kier alpha value is -3.12. The van der Waals surface area contributed by atoms with Crippen LogP contribution in [-0.2, 0) is 22.4 Å². The predicted octanol–water partition coefficient (Wildman–Crippen LogP) is 4.24. The molecular formula is C22H22ClN3O3. The van der Waals surface area contributed by atoms with Gasteiger partial charge in [0, 0.05) is 29.1 Å². The lowest BCUT2D eigenvalue weighted by atomic mass is 10.1. The van der Waals surface area contributed by atoms with Crippen LogP contribution in [0.1, 0.15) is 24.8 Å². The van der Waals surface area contributed by atoms with Crippen molar-refractivity contribution in [2.45, 2.75) is 26.2 Å². The molecule has 0 bridgehead atoms. The van der Waals surface area contributed by atoms with Crippen LogP contribution in [0.5, 0.6) is 0 Å². The Morgan fingerprint density at radius 1 is 1.07 bits per heavy atom. The second-order valence-corrected chi connectivity index (χ2v) is 6.90. The van der Waals surface area contributed by atoms with Gasteiger partial charge in [-0.15, -0.1) is 0 Å². The third-order valence-corrected chi connectivity index (χ3v) is 4.62. The number of halogens is 1. The SMILES string of the molecule is CCc1ccccc1NC(=O)CNC(=O)CCc1ncc(-c2ccc(Cl)cc2)o1. The monoisotopic (exact) mass is 411 g/mol. The Balaban J connectivity index is 1.44. The van der Waals surface area contributed by atoms with Gasteiger partial charge in [-0.2, -0.15) is 0 Å². The molecule has 2 aromatic carbocycles. The minimum atomic E-state index is -0.264. The lowest BCUT2D eigenvalue weighted by Gasteiger charge is -2.10. The zero-order valence-electron chi connectivity index (χ0n) is 16.1. The molecule has 0 saturated carbocycles. The number of carbonyl (C=O) groups excluding carboxylic acids is 2. The molecular weight excluding hydrogens is 390 g/mol. The van der Waals surface area contributed by atoms with E-state index in [0.29, 0.717) is 23.1 Å². The minimum absolute atomic E-state index is 0.0848. The average Bonchev–Trinajstić information content (AvgIpc) is 3.21. The summed E-state index contributed by atoms with van der Waals surface area (Å²) in [7, 11) is 0. The molecule has 0 aliphatic carbocycles. The molecule has 0 saturated heterocycles. The highest BCUT2D eigenvalue weighted by Gasteiger charge is 2.11. The maximum absolute atomic E-state index is 12.1. The van der Waals surface area contributed by atoms with Crippen LogP contribution in [0.3, 0.4) is 0 Å². The minimum Gasteiger partial charge on any atom is -0.441 e. The van der Waals surface area contributed by atoms with E-state index in [0.717, 1.165) is 23.2 Å². The molecule has 29 heavy (non-hydrogen) atoms. The van der Waals surface area contributed by atoms with E-state index >= 15 is 0 Å². The summed E-state index contributed by atoms with van der Waals surface area (Å²) in [5, 5.41) is 6.09. The maximum atomic E-state index is 12.1. The first kappa shape index (κ1) is 20.6. The van der Waals surface area contributed by atoms with E-state index in [1.54, 1.807) is 18.3 Å². The van der Waals surface area contributed by atoms with Crippen LogP contribution >= 0.6 is 11.6 Å². The largest absolute Gasteiger partial charge is 0.441 e. The molecule has 2 N–H and O–H groups in total. The lowest BCUT2D eigenvalue weighted by Crippen LogP contribution is -2.33. The van der Waals surface area contributed by atoms with Crippen molar-refractivity contribution in [1.29, 1.82) is 0 Å². The van der Waals surface area contributed by atoms with Crippen LogP contribution in [0, 0.1) is 0 Å². The van der Waals surface area contributed by atoms with E-state index in [2.05, 4.69) is 15.6 Å². The highest BCUT2D eigenvalue weighted by atomic mass is 35.5. The number of oxazole rings is 1. The molecule has 150 valence electrons. The van der Waals surface area contributed by atoms with Crippen molar-refractivity contribution in [1.82, 2.24) is 10.3 Å². The molecule has 1 heterocycles. The molecule has 0 atom stereocenters. The number of carbonyl (C=O) groups is 2. The van der Waals surface area contributed by atoms with Crippen LogP contribution in [0.4, 0.5) is 5.69 Å². The van der Waals surface area contributed by atoms with E-state index in [1.807, 2.05) is 43.3 Å². The smallest absolute Gasteiger partial charge is 0.243 e. The second kappa shape index (κ2) is 9.89. The predicted molar refractivity (Wildman–Crippen MR) is 113 cm³/mol. The van der Waals surface area contributed by atoms with Gasteiger partial charge in [0.15, 0.2) is 11.7 Å². The zero-order chi connectivity index (χ0) is 20.6. The fourth-order valence-corrected chi connectivity index (χ4v) is 2.93. The van der Waals surface area contributed by atoms with Gasteiger partial charge in [0.1, 0.15) is 0 Å². The molecule has 0 aliphatic rings. The number of nitrogens with zero attached hydrogens (tertiary/aromatic N) is 1. The molecule has 0 fully saturated rings. The molecule has 3 rings (SSSR count). The fourth-order valence-electron chi connectivity index (χ4n) is 2.81. The summed E-state index contributed by atoms with van der Waals surface area (Å²) in [5.74, 6) is 0.577. The van der Waals surface area contributed by atoms with E-state index < -0.39 is 0 Å². The Bertz CT molecular complexity index is 983. The third kappa shape index (κ3) is 5.93. The molecule has 0 unspecified atom stereocenters. The molecule has 3 aromatic rings. The van der Waals surface area contributed by atoms with Gasteiger partial charge in [-0.1, -0.05) is 36.7 Å².